The monoisotopic (exact) mass is 316 g/mol. The minimum atomic E-state index is 0.0477. The third-order valence-corrected chi connectivity index (χ3v) is 4.51. The van der Waals surface area contributed by atoms with Gasteiger partial charge in [-0.1, -0.05) is 0 Å². The lowest BCUT2D eigenvalue weighted by Gasteiger charge is -2.39. The number of urea groups is 1. The fourth-order valence-electron chi connectivity index (χ4n) is 3.04. The van der Waals surface area contributed by atoms with E-state index in [1.54, 1.807) is 33.2 Å². The van der Waals surface area contributed by atoms with Crippen LogP contribution >= 0.6 is 0 Å². The molecule has 2 aliphatic heterocycles. The van der Waals surface area contributed by atoms with Gasteiger partial charge >= 0.3 is 6.03 Å². The van der Waals surface area contributed by atoms with Crippen molar-refractivity contribution in [2.24, 2.45) is 0 Å². The van der Waals surface area contributed by atoms with Crippen molar-refractivity contribution in [3.63, 3.8) is 0 Å². The van der Waals surface area contributed by atoms with Crippen molar-refractivity contribution >= 4 is 11.7 Å². The van der Waals surface area contributed by atoms with Crippen LogP contribution in [0.25, 0.3) is 0 Å². The molecular weight excluding hydrogens is 296 g/mol. The molecule has 9 nitrogen and oxygen atoms in total. The SMILES string of the molecule is CN1CCN(c2cnn(C3CN(CCn4nccn4)C3)c2)C1=O. The molecule has 2 fully saturated rings. The lowest BCUT2D eigenvalue weighted by Crippen LogP contribution is -2.49. The molecule has 0 radical (unpaired) electrons. The van der Waals surface area contributed by atoms with Gasteiger partial charge in [0.1, 0.15) is 0 Å². The number of anilines is 1. The maximum Gasteiger partial charge on any atom is 0.324 e. The molecule has 9 heteroatoms. The average Bonchev–Trinajstić information content (AvgIpc) is 3.21. The number of hydrogen-bond acceptors (Lipinski definition) is 5. The Kier molecular flexibility index (Phi) is 3.49. The number of carbonyl (C=O) groups is 1. The summed E-state index contributed by atoms with van der Waals surface area (Å²) in [6.07, 6.45) is 7.16. The summed E-state index contributed by atoms with van der Waals surface area (Å²) in [6, 6.07) is 0.427. The molecule has 23 heavy (non-hydrogen) atoms. The number of amides is 2. The van der Waals surface area contributed by atoms with Gasteiger partial charge in [0.05, 0.1) is 36.9 Å². The van der Waals surface area contributed by atoms with Gasteiger partial charge in [0.15, 0.2) is 0 Å². The van der Waals surface area contributed by atoms with Gasteiger partial charge in [0, 0.05) is 46.0 Å². The van der Waals surface area contributed by atoms with Crippen LogP contribution in [0, 0.1) is 0 Å². The average molecular weight is 316 g/mol. The Labute approximate surface area is 134 Å². The highest BCUT2D eigenvalue weighted by Gasteiger charge is 2.31. The number of hydrogen-bond donors (Lipinski definition) is 0. The van der Waals surface area contributed by atoms with E-state index in [-0.39, 0.29) is 6.03 Å². The minimum Gasteiger partial charge on any atom is -0.326 e. The van der Waals surface area contributed by atoms with E-state index in [1.807, 2.05) is 17.9 Å². The Morgan fingerprint density at radius 1 is 1.13 bits per heavy atom. The smallest absolute Gasteiger partial charge is 0.324 e. The van der Waals surface area contributed by atoms with Crippen molar-refractivity contribution in [2.75, 3.05) is 44.7 Å². The minimum absolute atomic E-state index is 0.0477. The molecule has 0 aromatic carbocycles. The lowest BCUT2D eigenvalue weighted by atomic mass is 10.1. The Bertz CT molecular complexity index is 675. The Balaban J connectivity index is 1.30. The highest BCUT2D eigenvalue weighted by molar-refractivity contribution is 5.93. The molecule has 0 unspecified atom stereocenters. The Morgan fingerprint density at radius 3 is 2.61 bits per heavy atom. The van der Waals surface area contributed by atoms with Crippen molar-refractivity contribution in [2.45, 2.75) is 12.6 Å². The molecule has 0 N–H and O–H groups in total. The largest absolute Gasteiger partial charge is 0.326 e. The summed E-state index contributed by atoms with van der Waals surface area (Å²) in [6.45, 7) is 5.18. The molecule has 0 atom stereocenters. The van der Waals surface area contributed by atoms with Gasteiger partial charge in [-0.05, 0) is 0 Å². The van der Waals surface area contributed by atoms with Gasteiger partial charge in [-0.2, -0.15) is 20.1 Å². The number of carbonyl (C=O) groups excluding carboxylic acids is 1. The first-order valence-electron chi connectivity index (χ1n) is 7.84. The maximum atomic E-state index is 12.0. The van der Waals surface area contributed by atoms with Crippen LogP contribution in [0.3, 0.4) is 0 Å². The van der Waals surface area contributed by atoms with Crippen LogP contribution in [0.4, 0.5) is 10.5 Å². The van der Waals surface area contributed by atoms with Crippen LogP contribution < -0.4 is 4.90 Å². The molecule has 4 heterocycles. The van der Waals surface area contributed by atoms with Gasteiger partial charge in [0.25, 0.3) is 0 Å². The molecule has 2 saturated heterocycles. The molecule has 0 aliphatic carbocycles. The zero-order valence-electron chi connectivity index (χ0n) is 13.1. The fourth-order valence-corrected chi connectivity index (χ4v) is 3.04. The van der Waals surface area contributed by atoms with E-state index in [9.17, 15) is 4.79 Å². The number of nitrogens with zero attached hydrogens (tertiary/aromatic N) is 8. The molecule has 2 aromatic heterocycles. The third kappa shape index (κ3) is 2.67. The molecule has 0 spiro atoms. The first-order valence-corrected chi connectivity index (χ1v) is 7.84. The molecule has 2 aliphatic rings. The van der Waals surface area contributed by atoms with E-state index in [0.717, 1.165) is 45.0 Å². The van der Waals surface area contributed by atoms with E-state index in [0.29, 0.717) is 6.04 Å². The molecular formula is C14H20N8O. The summed E-state index contributed by atoms with van der Waals surface area (Å²) < 4.78 is 1.98. The first-order chi connectivity index (χ1) is 11.2. The van der Waals surface area contributed by atoms with Crippen LogP contribution in [-0.2, 0) is 6.54 Å². The van der Waals surface area contributed by atoms with Crippen molar-refractivity contribution in [3.05, 3.63) is 24.8 Å². The van der Waals surface area contributed by atoms with E-state index >= 15 is 0 Å². The summed E-state index contributed by atoms with van der Waals surface area (Å²) in [5.74, 6) is 0. The predicted octanol–water partition coefficient (Wildman–Crippen LogP) is -0.0967. The zero-order chi connectivity index (χ0) is 15.8. The number of aromatic nitrogens is 5. The van der Waals surface area contributed by atoms with Crippen LogP contribution in [0.15, 0.2) is 24.8 Å². The normalized spacial score (nSPS) is 19.6. The van der Waals surface area contributed by atoms with Gasteiger partial charge < -0.3 is 4.90 Å². The van der Waals surface area contributed by atoms with Crippen molar-refractivity contribution < 1.29 is 4.79 Å². The summed E-state index contributed by atoms with van der Waals surface area (Å²) in [4.78, 5) is 19.6. The van der Waals surface area contributed by atoms with E-state index in [4.69, 9.17) is 0 Å². The van der Waals surface area contributed by atoms with Crippen molar-refractivity contribution in [1.82, 2.24) is 34.6 Å². The van der Waals surface area contributed by atoms with E-state index < -0.39 is 0 Å². The highest BCUT2D eigenvalue weighted by Crippen LogP contribution is 2.24. The number of rotatable bonds is 5. The van der Waals surface area contributed by atoms with Crippen LogP contribution in [0.1, 0.15) is 6.04 Å². The maximum absolute atomic E-state index is 12.0. The lowest BCUT2D eigenvalue weighted by molar-refractivity contribution is 0.0919. The van der Waals surface area contributed by atoms with Crippen molar-refractivity contribution in [1.29, 1.82) is 0 Å². The van der Waals surface area contributed by atoms with Crippen LogP contribution in [0.2, 0.25) is 0 Å². The van der Waals surface area contributed by atoms with Crippen molar-refractivity contribution in [3.8, 4) is 0 Å². The van der Waals surface area contributed by atoms with Gasteiger partial charge in [-0.3, -0.25) is 14.5 Å². The van der Waals surface area contributed by atoms with Crippen LogP contribution in [0.5, 0.6) is 0 Å². The standard InChI is InChI=1S/C14H20N8O/c1-18-4-6-20(14(18)23)12-8-17-21(11-12)13-9-19(10-13)5-7-22-15-2-3-16-22/h2-3,8,11,13H,4-7,9-10H2,1H3. The quantitative estimate of drug-likeness (QED) is 0.770. The second kappa shape index (κ2) is 5.65. The molecule has 2 aromatic rings. The Hall–Kier alpha value is -2.42. The summed E-state index contributed by atoms with van der Waals surface area (Å²) in [5.41, 5.74) is 0.888. The topological polar surface area (TPSA) is 75.3 Å². The highest BCUT2D eigenvalue weighted by atomic mass is 16.2. The van der Waals surface area contributed by atoms with Crippen LogP contribution in [-0.4, -0.2) is 80.4 Å². The zero-order valence-corrected chi connectivity index (χ0v) is 13.1. The van der Waals surface area contributed by atoms with Gasteiger partial charge in [-0.15, -0.1) is 0 Å². The second-order valence-electron chi connectivity index (χ2n) is 6.07. The van der Waals surface area contributed by atoms with E-state index in [2.05, 4.69) is 20.2 Å². The first kappa shape index (κ1) is 14.2. The summed E-state index contributed by atoms with van der Waals surface area (Å²) in [5, 5.41) is 12.6. The number of likely N-dealkylation sites (N-methyl/N-ethyl adjacent to an activating group) is 1. The molecule has 122 valence electrons. The van der Waals surface area contributed by atoms with E-state index in [1.165, 1.54) is 0 Å². The fraction of sp³-hybridized carbons (Fsp3) is 0.571. The molecule has 0 bridgehead atoms. The molecule has 2 amide bonds. The summed E-state index contributed by atoms with van der Waals surface area (Å²) >= 11 is 0. The van der Waals surface area contributed by atoms with Gasteiger partial charge in [-0.25, -0.2) is 4.79 Å². The summed E-state index contributed by atoms with van der Waals surface area (Å²) in [7, 11) is 1.82. The van der Waals surface area contributed by atoms with Gasteiger partial charge in [0.2, 0.25) is 0 Å². The Morgan fingerprint density at radius 2 is 1.91 bits per heavy atom. The third-order valence-electron chi connectivity index (χ3n) is 4.51. The number of likely N-dealkylation sites (tertiary alicyclic amines) is 1. The second-order valence-corrected chi connectivity index (χ2v) is 6.07. The molecule has 4 rings (SSSR count). The molecule has 0 saturated carbocycles. The predicted molar refractivity (Wildman–Crippen MR) is 83.1 cm³/mol.